The highest BCUT2D eigenvalue weighted by Crippen LogP contribution is 2.27. The fourth-order valence-electron chi connectivity index (χ4n) is 3.29. The molecule has 2 N–H and O–H groups in total. The Labute approximate surface area is 135 Å². The molecule has 0 saturated heterocycles. The van der Waals surface area contributed by atoms with Crippen molar-refractivity contribution in [2.75, 3.05) is 13.6 Å². The van der Waals surface area contributed by atoms with Gasteiger partial charge in [-0.05, 0) is 30.5 Å². The Bertz CT molecular complexity index is 682. The summed E-state index contributed by atoms with van der Waals surface area (Å²) in [5.74, 6) is 0.297. The van der Waals surface area contributed by atoms with Crippen LogP contribution in [0.2, 0.25) is 5.02 Å². The first-order valence-electron chi connectivity index (χ1n) is 7.72. The lowest BCUT2D eigenvalue weighted by Crippen LogP contribution is -2.35. The fourth-order valence-corrected chi connectivity index (χ4v) is 3.46. The Balaban J connectivity index is 1.67. The van der Waals surface area contributed by atoms with Crippen LogP contribution in [-0.2, 0) is 11.2 Å². The van der Waals surface area contributed by atoms with Gasteiger partial charge >= 0.3 is 0 Å². The maximum absolute atomic E-state index is 12.4. The summed E-state index contributed by atoms with van der Waals surface area (Å²) in [7, 11) is 1.82. The second-order valence-electron chi connectivity index (χ2n) is 6.21. The molecule has 1 aliphatic carbocycles. The summed E-state index contributed by atoms with van der Waals surface area (Å²) in [6.07, 6.45) is 4.89. The van der Waals surface area contributed by atoms with E-state index in [0.29, 0.717) is 18.0 Å². The Hall–Kier alpha value is -1.52. The molecule has 1 heterocycles. The summed E-state index contributed by atoms with van der Waals surface area (Å²) in [6.45, 7) is 0.633. The lowest BCUT2D eigenvalue weighted by molar-refractivity contribution is -0.130. The van der Waals surface area contributed by atoms with Gasteiger partial charge in [0, 0.05) is 41.6 Å². The zero-order valence-corrected chi connectivity index (χ0v) is 13.4. The van der Waals surface area contributed by atoms with Gasteiger partial charge in [0.05, 0.1) is 12.5 Å². The molecule has 1 fully saturated rings. The van der Waals surface area contributed by atoms with Gasteiger partial charge in [-0.1, -0.05) is 24.1 Å². The van der Waals surface area contributed by atoms with E-state index in [1.165, 1.54) is 0 Å². The predicted octanol–water partition coefficient (Wildman–Crippen LogP) is 2.98. The van der Waals surface area contributed by atoms with Gasteiger partial charge in [-0.2, -0.15) is 0 Å². The van der Waals surface area contributed by atoms with Crippen molar-refractivity contribution in [3.63, 3.8) is 0 Å². The van der Waals surface area contributed by atoms with Crippen molar-refractivity contribution in [2.45, 2.75) is 31.8 Å². The maximum atomic E-state index is 12.4. The number of hydrogen-bond donors (Lipinski definition) is 2. The van der Waals surface area contributed by atoms with Gasteiger partial charge in [0.15, 0.2) is 0 Å². The van der Waals surface area contributed by atoms with Crippen LogP contribution in [0, 0.1) is 5.92 Å². The molecule has 1 aliphatic rings. The van der Waals surface area contributed by atoms with E-state index in [0.717, 1.165) is 35.7 Å². The van der Waals surface area contributed by atoms with Crippen molar-refractivity contribution >= 4 is 28.4 Å². The van der Waals surface area contributed by atoms with Gasteiger partial charge in [-0.3, -0.25) is 4.79 Å². The number of hydrogen-bond acceptors (Lipinski definition) is 2. The highest BCUT2D eigenvalue weighted by atomic mass is 35.5. The minimum absolute atomic E-state index is 0.0787. The summed E-state index contributed by atoms with van der Waals surface area (Å²) >= 11 is 5.97. The van der Waals surface area contributed by atoms with Gasteiger partial charge < -0.3 is 15.0 Å². The Kier molecular flexibility index (Phi) is 4.41. The number of aliphatic hydroxyl groups is 1. The number of amides is 1. The molecule has 0 bridgehead atoms. The molecule has 2 aromatic rings. The van der Waals surface area contributed by atoms with Crippen molar-refractivity contribution in [2.24, 2.45) is 5.92 Å². The number of rotatable bonds is 4. The number of nitrogens with zero attached hydrogens (tertiary/aromatic N) is 1. The van der Waals surface area contributed by atoms with Crippen LogP contribution in [0.5, 0.6) is 0 Å². The van der Waals surface area contributed by atoms with E-state index in [1.807, 2.05) is 31.4 Å². The molecule has 118 valence electrons. The van der Waals surface area contributed by atoms with Crippen LogP contribution in [0.4, 0.5) is 0 Å². The smallest absolute Gasteiger partial charge is 0.226 e. The number of aromatic nitrogens is 1. The zero-order chi connectivity index (χ0) is 15.7. The number of aliphatic hydroxyl groups excluding tert-OH is 1. The molecule has 22 heavy (non-hydrogen) atoms. The van der Waals surface area contributed by atoms with Crippen molar-refractivity contribution in [1.29, 1.82) is 0 Å². The van der Waals surface area contributed by atoms with E-state index in [1.54, 1.807) is 4.90 Å². The summed E-state index contributed by atoms with van der Waals surface area (Å²) in [4.78, 5) is 17.3. The second-order valence-corrected chi connectivity index (χ2v) is 6.65. The summed E-state index contributed by atoms with van der Waals surface area (Å²) in [5.41, 5.74) is 1.93. The van der Waals surface area contributed by atoms with Gasteiger partial charge in [0.2, 0.25) is 5.91 Å². The molecule has 3 rings (SSSR count). The molecule has 2 unspecified atom stereocenters. The first-order chi connectivity index (χ1) is 10.5. The number of aromatic amines is 1. The third-order valence-corrected chi connectivity index (χ3v) is 4.86. The molecule has 1 saturated carbocycles. The van der Waals surface area contributed by atoms with E-state index in [2.05, 4.69) is 4.98 Å². The number of fused-ring (bicyclic) bond motifs is 1. The van der Waals surface area contributed by atoms with Gasteiger partial charge in [0.25, 0.3) is 0 Å². The fraction of sp³-hybridized carbons (Fsp3) is 0.471. The third-order valence-electron chi connectivity index (χ3n) is 4.62. The van der Waals surface area contributed by atoms with E-state index in [4.69, 9.17) is 11.6 Å². The highest BCUT2D eigenvalue weighted by Gasteiger charge is 2.27. The number of likely N-dealkylation sites (N-methyl/N-ethyl adjacent to an activating group) is 1. The zero-order valence-electron chi connectivity index (χ0n) is 12.7. The van der Waals surface area contributed by atoms with Gasteiger partial charge in [-0.25, -0.2) is 0 Å². The minimum atomic E-state index is -0.259. The van der Waals surface area contributed by atoms with Gasteiger partial charge in [-0.15, -0.1) is 0 Å². The lowest BCUT2D eigenvalue weighted by Gasteiger charge is -2.23. The molecule has 4 nitrogen and oxygen atoms in total. The second kappa shape index (κ2) is 6.31. The SMILES string of the molecule is CN(CC1CCCC1O)C(=O)Cc1c[nH]c2cc(Cl)ccc12. The average molecular weight is 321 g/mol. The quantitative estimate of drug-likeness (QED) is 0.910. The number of nitrogens with one attached hydrogen (secondary N) is 1. The number of carbonyl (C=O) groups is 1. The van der Waals surface area contributed by atoms with Crippen LogP contribution in [0.15, 0.2) is 24.4 Å². The topological polar surface area (TPSA) is 56.3 Å². The normalized spacial score (nSPS) is 21.4. The largest absolute Gasteiger partial charge is 0.393 e. The molecule has 0 spiro atoms. The number of H-pyrrole nitrogens is 1. The average Bonchev–Trinajstić information content (AvgIpc) is 3.06. The molecular weight excluding hydrogens is 300 g/mol. The molecule has 5 heteroatoms. The minimum Gasteiger partial charge on any atom is -0.393 e. The van der Waals surface area contributed by atoms with Crippen LogP contribution in [0.1, 0.15) is 24.8 Å². The molecule has 0 aliphatic heterocycles. The molecule has 1 amide bonds. The molecule has 2 atom stereocenters. The number of carbonyl (C=O) groups excluding carboxylic acids is 1. The lowest BCUT2D eigenvalue weighted by atomic mass is 10.0. The molecule has 0 radical (unpaired) electrons. The first-order valence-corrected chi connectivity index (χ1v) is 8.10. The van der Waals surface area contributed by atoms with Crippen molar-refractivity contribution in [3.05, 3.63) is 35.0 Å². The molecule has 1 aromatic heterocycles. The summed E-state index contributed by atoms with van der Waals surface area (Å²) in [5, 5.41) is 11.6. The summed E-state index contributed by atoms with van der Waals surface area (Å²) < 4.78 is 0. The van der Waals surface area contributed by atoms with Gasteiger partial charge in [0.1, 0.15) is 0 Å². The Morgan fingerprint density at radius 1 is 1.45 bits per heavy atom. The monoisotopic (exact) mass is 320 g/mol. The van der Waals surface area contributed by atoms with E-state index < -0.39 is 0 Å². The number of benzene rings is 1. The predicted molar refractivity (Wildman–Crippen MR) is 88.0 cm³/mol. The van der Waals surface area contributed by atoms with Crippen molar-refractivity contribution < 1.29 is 9.90 Å². The Morgan fingerprint density at radius 3 is 3.00 bits per heavy atom. The molecule has 1 aromatic carbocycles. The highest BCUT2D eigenvalue weighted by molar-refractivity contribution is 6.31. The first kappa shape index (κ1) is 15.4. The van der Waals surface area contributed by atoms with Crippen LogP contribution >= 0.6 is 11.6 Å². The standard InChI is InChI=1S/C17H21ClN2O2/c1-20(10-11-3-2-4-16(11)21)17(22)7-12-9-19-15-8-13(18)5-6-14(12)15/h5-6,8-9,11,16,19,21H,2-4,7,10H2,1H3. The van der Waals surface area contributed by atoms with Crippen LogP contribution < -0.4 is 0 Å². The van der Waals surface area contributed by atoms with E-state index in [-0.39, 0.29) is 17.9 Å². The number of halogens is 1. The third kappa shape index (κ3) is 3.13. The maximum Gasteiger partial charge on any atom is 0.226 e. The molecular formula is C17H21ClN2O2. The Morgan fingerprint density at radius 2 is 2.27 bits per heavy atom. The van der Waals surface area contributed by atoms with Crippen LogP contribution in [0.3, 0.4) is 0 Å². The van der Waals surface area contributed by atoms with Crippen molar-refractivity contribution in [1.82, 2.24) is 9.88 Å². The van der Waals surface area contributed by atoms with E-state index >= 15 is 0 Å². The van der Waals surface area contributed by atoms with Crippen molar-refractivity contribution in [3.8, 4) is 0 Å². The van der Waals surface area contributed by atoms with E-state index in [9.17, 15) is 9.90 Å². The van der Waals surface area contributed by atoms with Crippen LogP contribution in [0.25, 0.3) is 10.9 Å². The van der Waals surface area contributed by atoms with Crippen LogP contribution in [-0.4, -0.2) is 40.6 Å². The summed E-state index contributed by atoms with van der Waals surface area (Å²) in [6, 6.07) is 5.64.